The van der Waals surface area contributed by atoms with E-state index in [-0.39, 0.29) is 19.0 Å². The Hall–Kier alpha value is -0.540. The molecule has 0 aliphatic rings. The van der Waals surface area contributed by atoms with Gasteiger partial charge in [-0.2, -0.15) is 0 Å². The molecule has 0 saturated heterocycles. The third-order valence-electron chi connectivity index (χ3n) is 0.381. The molecule has 4 heteroatoms. The van der Waals surface area contributed by atoms with Gasteiger partial charge < -0.3 is 10.5 Å². The van der Waals surface area contributed by atoms with Crippen molar-refractivity contribution >= 4 is 18.4 Å². The van der Waals surface area contributed by atoms with E-state index in [1.54, 1.807) is 0 Å². The summed E-state index contributed by atoms with van der Waals surface area (Å²) < 4.78 is 4.19. The molecule has 0 heterocycles. The SMILES string of the molecule is C=COC(=O)CN.Cl. The zero-order valence-corrected chi connectivity index (χ0v) is 5.11. The molecular weight excluding hydrogens is 130 g/mol. The zero-order chi connectivity index (χ0) is 5.70. The molecule has 0 aromatic carbocycles. The quantitative estimate of drug-likeness (QED) is 0.432. The number of hydrogen-bond donors (Lipinski definition) is 1. The molecule has 0 aliphatic carbocycles. The van der Waals surface area contributed by atoms with Crippen molar-refractivity contribution in [1.82, 2.24) is 0 Å². The Labute approximate surface area is 53.9 Å². The number of halogens is 1. The van der Waals surface area contributed by atoms with Crippen molar-refractivity contribution in [2.24, 2.45) is 5.73 Å². The van der Waals surface area contributed by atoms with Gasteiger partial charge in [0, 0.05) is 0 Å². The van der Waals surface area contributed by atoms with Gasteiger partial charge in [-0.15, -0.1) is 12.4 Å². The molecule has 2 N–H and O–H groups in total. The third kappa shape index (κ3) is 5.46. The number of nitrogens with two attached hydrogens (primary N) is 1. The van der Waals surface area contributed by atoms with E-state index in [4.69, 9.17) is 5.73 Å². The molecule has 48 valence electrons. The Bertz CT molecular complexity index is 84.1. The van der Waals surface area contributed by atoms with Gasteiger partial charge in [-0.25, -0.2) is 0 Å². The van der Waals surface area contributed by atoms with Crippen LogP contribution < -0.4 is 5.73 Å². The molecule has 0 aromatic rings. The molecule has 0 rings (SSSR count). The van der Waals surface area contributed by atoms with Crippen molar-refractivity contribution < 1.29 is 9.53 Å². The van der Waals surface area contributed by atoms with Crippen LogP contribution in [0.15, 0.2) is 12.8 Å². The van der Waals surface area contributed by atoms with Crippen molar-refractivity contribution in [3.05, 3.63) is 12.8 Å². The Morgan fingerprint density at radius 1 is 1.88 bits per heavy atom. The normalized spacial score (nSPS) is 6.62. The average molecular weight is 138 g/mol. The summed E-state index contributed by atoms with van der Waals surface area (Å²) in [5.74, 6) is -0.463. The van der Waals surface area contributed by atoms with E-state index in [0.717, 1.165) is 6.26 Å². The highest BCUT2D eigenvalue weighted by molar-refractivity contribution is 5.85. The van der Waals surface area contributed by atoms with Crippen molar-refractivity contribution in [2.45, 2.75) is 0 Å². The number of rotatable bonds is 2. The largest absolute Gasteiger partial charge is 0.434 e. The van der Waals surface area contributed by atoms with Gasteiger partial charge in [0.1, 0.15) is 0 Å². The molecule has 0 aliphatic heterocycles. The molecule has 0 aromatic heterocycles. The van der Waals surface area contributed by atoms with Crippen molar-refractivity contribution in [2.75, 3.05) is 6.54 Å². The lowest BCUT2D eigenvalue weighted by molar-refractivity contribution is -0.136. The maximum Gasteiger partial charge on any atom is 0.324 e. The molecule has 0 bridgehead atoms. The number of ether oxygens (including phenoxy) is 1. The average Bonchev–Trinajstić information content (AvgIpc) is 1.68. The van der Waals surface area contributed by atoms with E-state index in [0.29, 0.717) is 0 Å². The predicted octanol–water partition coefficient (Wildman–Crippen LogP) is 0.0536. The number of hydrogen-bond acceptors (Lipinski definition) is 3. The Balaban J connectivity index is 0. The fraction of sp³-hybridized carbons (Fsp3) is 0.250. The van der Waals surface area contributed by atoms with Crippen LogP contribution in [0.2, 0.25) is 0 Å². The lowest BCUT2D eigenvalue weighted by Crippen LogP contribution is -2.13. The van der Waals surface area contributed by atoms with Crippen LogP contribution in [0.25, 0.3) is 0 Å². The van der Waals surface area contributed by atoms with E-state index >= 15 is 0 Å². The monoisotopic (exact) mass is 137 g/mol. The topological polar surface area (TPSA) is 52.3 Å². The lowest BCUT2D eigenvalue weighted by Gasteiger charge is -1.89. The second-order valence-electron chi connectivity index (χ2n) is 0.861. The first-order chi connectivity index (χ1) is 3.31. The minimum atomic E-state index is -0.463. The molecule has 0 fully saturated rings. The van der Waals surface area contributed by atoms with Gasteiger partial charge in [0.15, 0.2) is 0 Å². The molecule has 0 saturated carbocycles. The van der Waals surface area contributed by atoms with E-state index < -0.39 is 5.97 Å². The standard InChI is InChI=1S/C4H7NO2.ClH/c1-2-7-4(6)3-5;/h2H,1,3,5H2;1H. The van der Waals surface area contributed by atoms with E-state index in [1.165, 1.54) is 0 Å². The predicted molar refractivity (Wildman–Crippen MR) is 32.6 cm³/mol. The fourth-order valence-electron chi connectivity index (χ4n) is 0.141. The summed E-state index contributed by atoms with van der Waals surface area (Å²) in [6, 6.07) is 0. The second kappa shape index (κ2) is 6.46. The van der Waals surface area contributed by atoms with Crippen LogP contribution in [-0.2, 0) is 9.53 Å². The summed E-state index contributed by atoms with van der Waals surface area (Å²) >= 11 is 0. The third-order valence-corrected chi connectivity index (χ3v) is 0.381. The van der Waals surface area contributed by atoms with Crippen molar-refractivity contribution in [3.8, 4) is 0 Å². The van der Waals surface area contributed by atoms with Gasteiger partial charge in [-0.3, -0.25) is 4.79 Å². The first kappa shape index (κ1) is 10.4. The van der Waals surface area contributed by atoms with Crippen LogP contribution in [-0.4, -0.2) is 12.5 Å². The van der Waals surface area contributed by atoms with Gasteiger partial charge in [0.05, 0.1) is 12.8 Å². The van der Waals surface area contributed by atoms with Gasteiger partial charge in [0.2, 0.25) is 0 Å². The zero-order valence-electron chi connectivity index (χ0n) is 4.29. The van der Waals surface area contributed by atoms with E-state index in [1.807, 2.05) is 0 Å². The number of esters is 1. The molecule has 0 atom stereocenters. The Morgan fingerprint density at radius 3 is 2.50 bits per heavy atom. The molecule has 3 nitrogen and oxygen atoms in total. The van der Waals surface area contributed by atoms with Crippen LogP contribution >= 0.6 is 12.4 Å². The molecule has 0 unspecified atom stereocenters. The maximum atomic E-state index is 9.99. The van der Waals surface area contributed by atoms with Gasteiger partial charge in [-0.1, -0.05) is 6.58 Å². The van der Waals surface area contributed by atoms with Gasteiger partial charge >= 0.3 is 5.97 Å². The number of carbonyl (C=O) groups is 1. The Morgan fingerprint density at radius 2 is 2.38 bits per heavy atom. The minimum Gasteiger partial charge on any atom is -0.434 e. The molecule has 0 radical (unpaired) electrons. The Kier molecular flexibility index (Phi) is 8.43. The highest BCUT2D eigenvalue weighted by Crippen LogP contribution is 1.70. The molecule has 8 heavy (non-hydrogen) atoms. The highest BCUT2D eigenvalue weighted by Gasteiger charge is 1.90. The summed E-state index contributed by atoms with van der Waals surface area (Å²) in [6.45, 7) is 3.06. The summed E-state index contributed by atoms with van der Waals surface area (Å²) in [5, 5.41) is 0. The molecule has 0 spiro atoms. The smallest absolute Gasteiger partial charge is 0.324 e. The van der Waals surface area contributed by atoms with Crippen LogP contribution in [0.3, 0.4) is 0 Å². The first-order valence-corrected chi connectivity index (χ1v) is 1.81. The minimum absolute atomic E-state index is 0. The summed E-state index contributed by atoms with van der Waals surface area (Å²) in [5.41, 5.74) is 4.84. The summed E-state index contributed by atoms with van der Waals surface area (Å²) in [7, 11) is 0. The van der Waals surface area contributed by atoms with Crippen LogP contribution in [0.5, 0.6) is 0 Å². The van der Waals surface area contributed by atoms with Crippen molar-refractivity contribution in [3.63, 3.8) is 0 Å². The van der Waals surface area contributed by atoms with Crippen LogP contribution in [0.1, 0.15) is 0 Å². The molecule has 0 amide bonds. The van der Waals surface area contributed by atoms with Gasteiger partial charge in [-0.05, 0) is 0 Å². The van der Waals surface area contributed by atoms with E-state index in [9.17, 15) is 4.79 Å². The number of carbonyl (C=O) groups excluding carboxylic acids is 1. The van der Waals surface area contributed by atoms with E-state index in [2.05, 4.69) is 11.3 Å². The second-order valence-corrected chi connectivity index (χ2v) is 0.861. The summed E-state index contributed by atoms with van der Waals surface area (Å²) in [4.78, 5) is 9.99. The first-order valence-electron chi connectivity index (χ1n) is 1.81. The van der Waals surface area contributed by atoms with Crippen LogP contribution in [0.4, 0.5) is 0 Å². The lowest BCUT2D eigenvalue weighted by atomic mass is 10.7. The fourth-order valence-corrected chi connectivity index (χ4v) is 0.141. The molecular formula is C4H8ClNO2. The van der Waals surface area contributed by atoms with Crippen molar-refractivity contribution in [1.29, 1.82) is 0 Å². The summed E-state index contributed by atoms with van der Waals surface area (Å²) in [6.07, 6.45) is 1.05. The maximum absolute atomic E-state index is 9.99. The van der Waals surface area contributed by atoms with Gasteiger partial charge in [0.25, 0.3) is 0 Å². The highest BCUT2D eigenvalue weighted by atomic mass is 35.5. The van der Waals surface area contributed by atoms with Crippen LogP contribution in [0, 0.1) is 0 Å².